The van der Waals surface area contributed by atoms with E-state index in [2.05, 4.69) is 41.5 Å². The quantitative estimate of drug-likeness (QED) is 0.414. The van der Waals surface area contributed by atoms with Gasteiger partial charge in [-0.1, -0.05) is 65.5 Å². The summed E-state index contributed by atoms with van der Waals surface area (Å²) in [6, 6.07) is 0. The van der Waals surface area contributed by atoms with Crippen LogP contribution in [0.4, 0.5) is 0 Å². The average Bonchev–Trinajstić information content (AvgIpc) is 3.01. The SMILES string of the molecule is C[C@H](CCCC1(O)CCC1)[C@H]1CC[C@@]2(C)C3=C(CC[C@]12C)[C@@]1(C)CC[C@H](O)C(C)(C)[C@@H]1CC3. The number of fused-ring (bicyclic) bond motifs is 4. The van der Waals surface area contributed by atoms with Gasteiger partial charge in [0.1, 0.15) is 0 Å². The van der Waals surface area contributed by atoms with Gasteiger partial charge in [-0.25, -0.2) is 0 Å². The van der Waals surface area contributed by atoms with Crippen molar-refractivity contribution in [2.24, 2.45) is 39.4 Å². The zero-order valence-corrected chi connectivity index (χ0v) is 22.6. The third kappa shape index (κ3) is 3.39. The number of hydrogen-bond donors (Lipinski definition) is 2. The normalized spacial score (nSPS) is 46.7. The first-order valence-electron chi connectivity index (χ1n) is 14.5. The minimum Gasteiger partial charge on any atom is -0.393 e. The van der Waals surface area contributed by atoms with E-state index in [4.69, 9.17) is 0 Å². The maximum atomic E-state index is 10.8. The van der Waals surface area contributed by atoms with E-state index in [1.165, 1.54) is 64.2 Å². The molecule has 7 atom stereocenters. The Kier molecular flexibility index (Phi) is 5.78. The predicted octanol–water partition coefficient (Wildman–Crippen LogP) is 7.82. The third-order valence-corrected chi connectivity index (χ3v) is 13.1. The van der Waals surface area contributed by atoms with Crippen LogP contribution in [0.1, 0.15) is 131 Å². The zero-order valence-electron chi connectivity index (χ0n) is 22.6. The van der Waals surface area contributed by atoms with Crippen molar-refractivity contribution in [1.82, 2.24) is 0 Å². The minimum absolute atomic E-state index is 0.0322. The summed E-state index contributed by atoms with van der Waals surface area (Å²) < 4.78 is 0. The predicted molar refractivity (Wildman–Crippen MR) is 137 cm³/mol. The molecule has 5 rings (SSSR count). The molecule has 0 unspecified atom stereocenters. The fourth-order valence-electron chi connectivity index (χ4n) is 10.4. The van der Waals surface area contributed by atoms with Crippen molar-refractivity contribution in [3.05, 3.63) is 11.1 Å². The van der Waals surface area contributed by atoms with Crippen LogP contribution < -0.4 is 0 Å². The molecule has 0 radical (unpaired) electrons. The van der Waals surface area contributed by atoms with Crippen LogP contribution in [0, 0.1) is 39.4 Å². The second-order valence-corrected chi connectivity index (χ2v) is 14.7. The molecule has 0 saturated heterocycles. The van der Waals surface area contributed by atoms with Gasteiger partial charge in [0.05, 0.1) is 11.7 Å². The molecule has 2 heteroatoms. The highest BCUT2D eigenvalue weighted by atomic mass is 16.3. The van der Waals surface area contributed by atoms with E-state index in [-0.39, 0.29) is 17.1 Å². The summed E-state index contributed by atoms with van der Waals surface area (Å²) >= 11 is 0. The molecule has 0 aromatic heterocycles. The summed E-state index contributed by atoms with van der Waals surface area (Å²) in [6.07, 6.45) is 16.7. The number of aliphatic hydroxyl groups excluding tert-OH is 1. The highest BCUT2D eigenvalue weighted by Crippen LogP contribution is 2.72. The van der Waals surface area contributed by atoms with Crippen LogP contribution in [0.3, 0.4) is 0 Å². The summed E-state index contributed by atoms with van der Waals surface area (Å²) in [5.74, 6) is 2.20. The second kappa shape index (κ2) is 7.83. The Hall–Kier alpha value is -0.340. The maximum Gasteiger partial charge on any atom is 0.0647 e. The number of hydrogen-bond acceptors (Lipinski definition) is 2. The van der Waals surface area contributed by atoms with Crippen LogP contribution in [-0.2, 0) is 0 Å². The maximum absolute atomic E-state index is 10.8. The van der Waals surface area contributed by atoms with E-state index in [0.29, 0.717) is 22.2 Å². The first-order valence-corrected chi connectivity index (χ1v) is 14.5. The summed E-state index contributed by atoms with van der Waals surface area (Å²) in [4.78, 5) is 0. The molecule has 0 aromatic rings. The monoisotopic (exact) mass is 456 g/mol. The van der Waals surface area contributed by atoms with Crippen molar-refractivity contribution < 1.29 is 10.2 Å². The number of allylic oxidation sites excluding steroid dienone is 2. The first-order chi connectivity index (χ1) is 15.4. The highest BCUT2D eigenvalue weighted by molar-refractivity contribution is 5.38. The van der Waals surface area contributed by atoms with E-state index in [1.807, 2.05) is 11.1 Å². The van der Waals surface area contributed by atoms with Crippen LogP contribution in [0.2, 0.25) is 0 Å². The van der Waals surface area contributed by atoms with Crippen molar-refractivity contribution in [2.45, 2.75) is 143 Å². The van der Waals surface area contributed by atoms with Gasteiger partial charge in [-0.05, 0) is 116 Å². The molecule has 2 N–H and O–H groups in total. The molecule has 5 aliphatic carbocycles. The molecule has 0 amide bonds. The molecule has 3 saturated carbocycles. The van der Waals surface area contributed by atoms with Gasteiger partial charge in [0.25, 0.3) is 0 Å². The fraction of sp³-hybridized carbons (Fsp3) is 0.935. The van der Waals surface area contributed by atoms with Crippen LogP contribution in [0.5, 0.6) is 0 Å². The molecule has 0 spiro atoms. The lowest BCUT2D eigenvalue weighted by Crippen LogP contribution is -2.55. The van der Waals surface area contributed by atoms with Crippen molar-refractivity contribution in [3.63, 3.8) is 0 Å². The molecular weight excluding hydrogens is 404 g/mol. The summed E-state index contributed by atoms with van der Waals surface area (Å²) in [5, 5.41) is 21.4. The lowest BCUT2D eigenvalue weighted by Gasteiger charge is -2.62. The van der Waals surface area contributed by atoms with Gasteiger partial charge >= 0.3 is 0 Å². The van der Waals surface area contributed by atoms with Crippen molar-refractivity contribution in [2.75, 3.05) is 0 Å². The standard InChI is InChI=1S/C31H52O2/c1-21(9-7-15-31(33)16-8-17-31)22-12-19-30(6)24-10-11-25-27(2,3)26(32)14-18-28(25,4)23(24)13-20-29(22,30)5/h21-22,25-26,32-33H,7-20H2,1-6H3/t21-,22-,25+,26+,28-,29-,30+/m1/s1. The van der Waals surface area contributed by atoms with Gasteiger partial charge in [0, 0.05) is 0 Å². The van der Waals surface area contributed by atoms with E-state index < -0.39 is 0 Å². The molecule has 0 bridgehead atoms. The Bertz CT molecular complexity index is 806. The van der Waals surface area contributed by atoms with E-state index >= 15 is 0 Å². The van der Waals surface area contributed by atoms with Crippen molar-refractivity contribution in [1.29, 1.82) is 0 Å². The second-order valence-electron chi connectivity index (χ2n) is 14.7. The van der Waals surface area contributed by atoms with Gasteiger partial charge in [0.2, 0.25) is 0 Å². The van der Waals surface area contributed by atoms with Gasteiger partial charge in [-0.3, -0.25) is 0 Å². The van der Waals surface area contributed by atoms with E-state index in [0.717, 1.165) is 37.5 Å². The molecule has 33 heavy (non-hydrogen) atoms. The van der Waals surface area contributed by atoms with Crippen LogP contribution >= 0.6 is 0 Å². The van der Waals surface area contributed by atoms with Gasteiger partial charge in [-0.2, -0.15) is 0 Å². The number of aliphatic hydroxyl groups is 2. The van der Waals surface area contributed by atoms with E-state index in [9.17, 15) is 10.2 Å². The average molecular weight is 457 g/mol. The molecule has 0 heterocycles. The van der Waals surface area contributed by atoms with Crippen molar-refractivity contribution >= 4 is 0 Å². The van der Waals surface area contributed by atoms with Crippen molar-refractivity contribution in [3.8, 4) is 0 Å². The Balaban J connectivity index is 1.37. The van der Waals surface area contributed by atoms with Gasteiger partial charge in [0.15, 0.2) is 0 Å². The molecular formula is C31H52O2. The van der Waals surface area contributed by atoms with Crippen LogP contribution in [0.15, 0.2) is 11.1 Å². The molecule has 0 aliphatic heterocycles. The lowest BCUT2D eigenvalue weighted by atomic mass is 9.43. The molecule has 3 fully saturated rings. The molecule has 5 aliphatic rings. The summed E-state index contributed by atoms with van der Waals surface area (Å²) in [5.41, 5.74) is 4.49. The topological polar surface area (TPSA) is 40.5 Å². The molecule has 0 aromatic carbocycles. The summed E-state index contributed by atoms with van der Waals surface area (Å²) in [7, 11) is 0. The summed E-state index contributed by atoms with van der Waals surface area (Å²) in [6.45, 7) is 15.1. The van der Waals surface area contributed by atoms with Gasteiger partial charge < -0.3 is 10.2 Å². The molecule has 188 valence electrons. The highest BCUT2D eigenvalue weighted by Gasteiger charge is 2.63. The fourth-order valence-corrected chi connectivity index (χ4v) is 10.4. The minimum atomic E-state index is -0.312. The van der Waals surface area contributed by atoms with Crippen LogP contribution in [0.25, 0.3) is 0 Å². The first kappa shape index (κ1) is 24.4. The Labute approximate surface area is 204 Å². The smallest absolute Gasteiger partial charge is 0.0647 e. The van der Waals surface area contributed by atoms with Crippen LogP contribution in [-0.4, -0.2) is 21.9 Å². The van der Waals surface area contributed by atoms with Gasteiger partial charge in [-0.15, -0.1) is 0 Å². The third-order valence-electron chi connectivity index (χ3n) is 13.1. The Morgan fingerprint density at radius 1 is 0.879 bits per heavy atom. The lowest BCUT2D eigenvalue weighted by molar-refractivity contribution is -0.0963. The number of rotatable bonds is 5. The zero-order chi connectivity index (χ0) is 23.9. The van der Waals surface area contributed by atoms with E-state index in [1.54, 1.807) is 0 Å². The Morgan fingerprint density at radius 2 is 1.61 bits per heavy atom. The molecule has 2 nitrogen and oxygen atoms in total. The largest absolute Gasteiger partial charge is 0.393 e. The Morgan fingerprint density at radius 3 is 2.27 bits per heavy atom.